The van der Waals surface area contributed by atoms with Crippen molar-refractivity contribution in [1.29, 1.82) is 0 Å². The Bertz CT molecular complexity index is 649. The first-order valence-electron chi connectivity index (χ1n) is 5.19. The van der Waals surface area contributed by atoms with Crippen LogP contribution in [0.3, 0.4) is 0 Å². The monoisotopic (exact) mass is 361 g/mol. The zero-order chi connectivity index (χ0) is 14.0. The number of hydrogen-bond acceptors (Lipinski definition) is 1. The van der Waals surface area contributed by atoms with E-state index in [1.807, 2.05) is 0 Å². The van der Waals surface area contributed by atoms with E-state index in [1.165, 1.54) is 30.3 Å². The van der Waals surface area contributed by atoms with Crippen molar-refractivity contribution in [3.63, 3.8) is 0 Å². The lowest BCUT2D eigenvalue weighted by Crippen LogP contribution is -2.13. The molecule has 0 radical (unpaired) electrons. The van der Waals surface area contributed by atoms with Gasteiger partial charge in [-0.25, -0.2) is 4.39 Å². The molecule has 0 aliphatic heterocycles. The zero-order valence-corrected chi connectivity index (χ0v) is 12.5. The van der Waals surface area contributed by atoms with Gasteiger partial charge < -0.3 is 5.32 Å². The third-order valence-corrected chi connectivity index (χ3v) is 3.59. The highest BCUT2D eigenvalue weighted by molar-refractivity contribution is 9.10. The van der Waals surface area contributed by atoms with Crippen molar-refractivity contribution in [2.45, 2.75) is 0 Å². The highest BCUT2D eigenvalue weighted by Crippen LogP contribution is 2.26. The van der Waals surface area contributed by atoms with Crippen LogP contribution < -0.4 is 5.32 Å². The molecular formula is C13H7BrCl2FNO. The molecule has 0 heterocycles. The Hall–Kier alpha value is -1.10. The lowest BCUT2D eigenvalue weighted by Gasteiger charge is -2.09. The standard InChI is InChI=1S/C13H7BrCl2FNO/c14-10-4-2-8(17)6-12(10)18-13(19)9-3-1-7(15)5-11(9)16/h1-6H,(H,18,19). The van der Waals surface area contributed by atoms with Crippen molar-refractivity contribution in [2.75, 3.05) is 5.32 Å². The lowest BCUT2D eigenvalue weighted by molar-refractivity contribution is 0.102. The molecule has 0 unspecified atom stereocenters. The SMILES string of the molecule is O=C(Nc1cc(F)ccc1Br)c1ccc(Cl)cc1Cl. The van der Waals surface area contributed by atoms with Gasteiger partial charge in [-0.05, 0) is 52.3 Å². The van der Waals surface area contributed by atoms with Gasteiger partial charge in [0, 0.05) is 9.50 Å². The fourth-order valence-electron chi connectivity index (χ4n) is 1.46. The molecule has 19 heavy (non-hydrogen) atoms. The number of carbonyl (C=O) groups excluding carboxylic acids is 1. The van der Waals surface area contributed by atoms with E-state index < -0.39 is 11.7 Å². The van der Waals surface area contributed by atoms with Crippen LogP contribution in [0.15, 0.2) is 40.9 Å². The maximum absolute atomic E-state index is 13.1. The Morgan fingerprint density at radius 2 is 1.89 bits per heavy atom. The summed E-state index contributed by atoms with van der Waals surface area (Å²) in [5.74, 6) is -0.881. The van der Waals surface area contributed by atoms with E-state index in [-0.39, 0.29) is 10.6 Å². The third kappa shape index (κ3) is 3.47. The molecule has 0 aromatic heterocycles. The highest BCUT2D eigenvalue weighted by atomic mass is 79.9. The Balaban J connectivity index is 2.28. The fourth-order valence-corrected chi connectivity index (χ4v) is 2.30. The predicted octanol–water partition coefficient (Wildman–Crippen LogP) is 5.15. The number of hydrogen-bond donors (Lipinski definition) is 1. The summed E-state index contributed by atoms with van der Waals surface area (Å²) in [6, 6.07) is 8.55. The van der Waals surface area contributed by atoms with Gasteiger partial charge in [-0.3, -0.25) is 4.79 Å². The minimum absolute atomic E-state index is 0.234. The summed E-state index contributed by atoms with van der Waals surface area (Å²) in [7, 11) is 0. The fraction of sp³-hybridized carbons (Fsp3) is 0. The Morgan fingerprint density at radius 1 is 1.16 bits per heavy atom. The third-order valence-electron chi connectivity index (χ3n) is 2.35. The smallest absolute Gasteiger partial charge is 0.257 e. The molecular weight excluding hydrogens is 356 g/mol. The summed E-state index contributed by atoms with van der Waals surface area (Å²) in [4.78, 5) is 12.0. The van der Waals surface area contributed by atoms with Crippen LogP contribution in [0, 0.1) is 5.82 Å². The van der Waals surface area contributed by atoms with Crippen LogP contribution in [-0.4, -0.2) is 5.91 Å². The molecule has 1 amide bonds. The van der Waals surface area contributed by atoms with Crippen molar-refractivity contribution < 1.29 is 9.18 Å². The normalized spacial score (nSPS) is 10.3. The van der Waals surface area contributed by atoms with Crippen molar-refractivity contribution in [3.8, 4) is 0 Å². The number of nitrogens with one attached hydrogen (secondary N) is 1. The van der Waals surface area contributed by atoms with E-state index in [9.17, 15) is 9.18 Å². The number of rotatable bonds is 2. The number of carbonyl (C=O) groups is 1. The summed E-state index contributed by atoms with van der Waals surface area (Å²) in [5.41, 5.74) is 0.596. The van der Waals surface area contributed by atoms with Gasteiger partial charge in [-0.1, -0.05) is 23.2 Å². The minimum atomic E-state index is -0.444. The van der Waals surface area contributed by atoms with E-state index in [4.69, 9.17) is 23.2 Å². The van der Waals surface area contributed by atoms with Gasteiger partial charge in [0.15, 0.2) is 0 Å². The van der Waals surface area contributed by atoms with Gasteiger partial charge >= 0.3 is 0 Å². The maximum atomic E-state index is 13.1. The van der Waals surface area contributed by atoms with Crippen LogP contribution in [0.4, 0.5) is 10.1 Å². The van der Waals surface area contributed by atoms with Gasteiger partial charge in [0.05, 0.1) is 16.3 Å². The molecule has 0 saturated heterocycles. The minimum Gasteiger partial charge on any atom is -0.321 e. The van der Waals surface area contributed by atoms with Crippen molar-refractivity contribution >= 4 is 50.7 Å². The highest BCUT2D eigenvalue weighted by Gasteiger charge is 2.12. The van der Waals surface area contributed by atoms with Crippen LogP contribution in [-0.2, 0) is 0 Å². The second kappa shape index (κ2) is 5.90. The molecule has 2 aromatic rings. The summed E-state index contributed by atoms with van der Waals surface area (Å²) in [6.07, 6.45) is 0. The summed E-state index contributed by atoms with van der Waals surface area (Å²) in [5, 5.41) is 3.25. The molecule has 0 saturated carbocycles. The quantitative estimate of drug-likeness (QED) is 0.786. The van der Waals surface area contributed by atoms with Crippen LogP contribution in [0.2, 0.25) is 10.0 Å². The molecule has 0 bridgehead atoms. The van der Waals surface area contributed by atoms with Gasteiger partial charge in [0.1, 0.15) is 5.82 Å². The first kappa shape index (κ1) is 14.3. The van der Waals surface area contributed by atoms with Crippen LogP contribution in [0.5, 0.6) is 0 Å². The Labute approximate surface area is 127 Å². The first-order valence-corrected chi connectivity index (χ1v) is 6.74. The van der Waals surface area contributed by atoms with E-state index >= 15 is 0 Å². The van der Waals surface area contributed by atoms with Crippen LogP contribution in [0.1, 0.15) is 10.4 Å². The largest absolute Gasteiger partial charge is 0.321 e. The Kier molecular flexibility index (Phi) is 4.45. The van der Waals surface area contributed by atoms with E-state index in [0.717, 1.165) is 0 Å². The molecule has 0 aliphatic carbocycles. The molecule has 2 nitrogen and oxygen atoms in total. The average Bonchev–Trinajstić information content (AvgIpc) is 2.33. The van der Waals surface area contributed by atoms with E-state index in [0.29, 0.717) is 15.2 Å². The van der Waals surface area contributed by atoms with Crippen LogP contribution >= 0.6 is 39.1 Å². The van der Waals surface area contributed by atoms with Gasteiger partial charge in [0.2, 0.25) is 0 Å². The van der Waals surface area contributed by atoms with Crippen molar-refractivity contribution in [1.82, 2.24) is 0 Å². The molecule has 98 valence electrons. The summed E-state index contributed by atoms with van der Waals surface area (Å²) in [6.45, 7) is 0. The predicted molar refractivity (Wildman–Crippen MR) is 78.5 cm³/mol. The second-order valence-electron chi connectivity index (χ2n) is 3.70. The maximum Gasteiger partial charge on any atom is 0.257 e. The van der Waals surface area contributed by atoms with Crippen LogP contribution in [0.25, 0.3) is 0 Å². The molecule has 0 spiro atoms. The topological polar surface area (TPSA) is 29.1 Å². The van der Waals surface area contributed by atoms with Gasteiger partial charge in [-0.2, -0.15) is 0 Å². The molecule has 2 aromatic carbocycles. The first-order chi connectivity index (χ1) is 8.97. The van der Waals surface area contributed by atoms with Crippen molar-refractivity contribution in [3.05, 3.63) is 62.3 Å². The average molecular weight is 363 g/mol. The second-order valence-corrected chi connectivity index (χ2v) is 5.40. The number of halogens is 4. The van der Waals surface area contributed by atoms with Crippen molar-refractivity contribution in [2.24, 2.45) is 0 Å². The van der Waals surface area contributed by atoms with E-state index in [2.05, 4.69) is 21.2 Å². The molecule has 2 rings (SSSR count). The number of amides is 1. The number of benzene rings is 2. The molecule has 0 aliphatic rings. The number of anilines is 1. The van der Waals surface area contributed by atoms with Gasteiger partial charge in [-0.15, -0.1) is 0 Å². The summed E-state index contributed by atoms with van der Waals surface area (Å²) < 4.78 is 13.7. The zero-order valence-electron chi connectivity index (χ0n) is 9.38. The summed E-state index contributed by atoms with van der Waals surface area (Å²) >= 11 is 14.9. The molecule has 1 N–H and O–H groups in total. The van der Waals surface area contributed by atoms with E-state index in [1.54, 1.807) is 6.07 Å². The molecule has 0 fully saturated rings. The van der Waals surface area contributed by atoms with Gasteiger partial charge in [0.25, 0.3) is 5.91 Å². The Morgan fingerprint density at radius 3 is 2.58 bits per heavy atom. The molecule has 6 heteroatoms. The lowest BCUT2D eigenvalue weighted by atomic mass is 10.2. The molecule has 0 atom stereocenters.